The van der Waals surface area contributed by atoms with Gasteiger partial charge in [-0.15, -0.1) is 0 Å². The average Bonchev–Trinajstić information content (AvgIpc) is 2.63. The standard InChI is InChI=1S/C22H24NO4P/c1-23(2,3)13-14-26-28(24,25)27-15-19-10-9-18-8-7-16-5-4-6-17-11-12-20(19)22(18)21(16)17/h4-12H,13-15H2,1-3H3. The van der Waals surface area contributed by atoms with Crippen LogP contribution in [0.15, 0.2) is 54.6 Å². The van der Waals surface area contributed by atoms with Gasteiger partial charge in [-0.05, 0) is 37.9 Å². The molecule has 4 rings (SSSR count). The Morgan fingerprint density at radius 3 is 2.14 bits per heavy atom. The molecule has 6 heteroatoms. The molecule has 28 heavy (non-hydrogen) atoms. The Hall–Kier alpha value is -2.01. The van der Waals surface area contributed by atoms with Crippen molar-refractivity contribution in [3.63, 3.8) is 0 Å². The summed E-state index contributed by atoms with van der Waals surface area (Å²) in [5, 5.41) is 6.83. The van der Waals surface area contributed by atoms with E-state index in [9.17, 15) is 9.46 Å². The smallest absolute Gasteiger partial charge is 0.268 e. The molecule has 1 atom stereocenters. The number of benzene rings is 4. The minimum absolute atomic E-state index is 0.0423. The van der Waals surface area contributed by atoms with Crippen LogP contribution in [0.1, 0.15) is 5.56 Å². The van der Waals surface area contributed by atoms with Gasteiger partial charge in [0.05, 0.1) is 27.7 Å². The van der Waals surface area contributed by atoms with Crippen LogP contribution in [0.3, 0.4) is 0 Å². The second kappa shape index (κ2) is 7.11. The summed E-state index contributed by atoms with van der Waals surface area (Å²) in [6.07, 6.45) is 0. The van der Waals surface area contributed by atoms with Crippen LogP contribution in [0, 0.1) is 0 Å². The second-order valence-corrected chi connectivity index (χ2v) is 9.56. The Morgan fingerprint density at radius 1 is 0.857 bits per heavy atom. The largest absolute Gasteiger partial charge is 0.756 e. The van der Waals surface area contributed by atoms with Crippen LogP contribution in [-0.4, -0.2) is 38.8 Å². The quantitative estimate of drug-likeness (QED) is 0.265. The molecule has 4 aromatic carbocycles. The van der Waals surface area contributed by atoms with Gasteiger partial charge in [-0.2, -0.15) is 0 Å². The van der Waals surface area contributed by atoms with E-state index >= 15 is 0 Å². The van der Waals surface area contributed by atoms with E-state index in [0.29, 0.717) is 11.0 Å². The first-order valence-corrected chi connectivity index (χ1v) is 10.8. The normalized spacial score (nSPS) is 14.9. The number of nitrogens with zero attached hydrogens (tertiary/aromatic N) is 1. The van der Waals surface area contributed by atoms with Gasteiger partial charge in [-0.3, -0.25) is 4.57 Å². The molecule has 0 saturated heterocycles. The number of phosphoric acid groups is 1. The van der Waals surface area contributed by atoms with Crippen LogP contribution < -0.4 is 4.89 Å². The Bertz CT molecular complexity index is 1170. The molecule has 0 aromatic heterocycles. The molecule has 0 bridgehead atoms. The van der Waals surface area contributed by atoms with Crippen molar-refractivity contribution in [2.45, 2.75) is 6.61 Å². The van der Waals surface area contributed by atoms with Crippen molar-refractivity contribution in [2.75, 3.05) is 34.3 Å². The first-order valence-electron chi connectivity index (χ1n) is 9.30. The number of quaternary nitrogens is 1. The minimum atomic E-state index is -4.35. The Morgan fingerprint density at radius 2 is 1.46 bits per heavy atom. The molecule has 0 radical (unpaired) electrons. The van der Waals surface area contributed by atoms with Crippen molar-refractivity contribution < 1.29 is 23.0 Å². The van der Waals surface area contributed by atoms with Gasteiger partial charge in [-0.25, -0.2) is 0 Å². The molecule has 0 N–H and O–H groups in total. The number of rotatable bonds is 7. The molecule has 0 spiro atoms. The first-order chi connectivity index (χ1) is 13.2. The molecule has 146 valence electrons. The van der Waals surface area contributed by atoms with E-state index in [1.54, 1.807) is 0 Å². The third-order valence-corrected chi connectivity index (χ3v) is 5.95. The predicted octanol–water partition coefficient (Wildman–Crippen LogP) is 4.29. The van der Waals surface area contributed by atoms with E-state index in [4.69, 9.17) is 9.05 Å². The monoisotopic (exact) mass is 397 g/mol. The maximum absolute atomic E-state index is 12.1. The molecule has 0 aliphatic carbocycles. The fourth-order valence-electron chi connectivity index (χ4n) is 3.53. The zero-order valence-electron chi connectivity index (χ0n) is 16.3. The number of hydrogen-bond acceptors (Lipinski definition) is 4. The summed E-state index contributed by atoms with van der Waals surface area (Å²) < 4.78 is 23.0. The summed E-state index contributed by atoms with van der Waals surface area (Å²) in [4.78, 5) is 12.1. The van der Waals surface area contributed by atoms with E-state index in [1.165, 1.54) is 16.2 Å². The lowest BCUT2D eigenvalue weighted by atomic mass is 9.92. The summed E-state index contributed by atoms with van der Waals surface area (Å²) in [5.41, 5.74) is 0.831. The maximum Gasteiger partial charge on any atom is 0.268 e. The molecule has 4 aromatic rings. The van der Waals surface area contributed by atoms with Gasteiger partial charge in [0.25, 0.3) is 7.82 Å². The number of hydrogen-bond donors (Lipinski definition) is 0. The van der Waals surface area contributed by atoms with Gasteiger partial charge in [-0.1, -0.05) is 54.6 Å². The highest BCUT2D eigenvalue weighted by Gasteiger charge is 2.15. The third-order valence-electron chi connectivity index (χ3n) is 5.01. The molecule has 0 aliphatic rings. The Balaban J connectivity index is 1.62. The molecule has 5 nitrogen and oxygen atoms in total. The minimum Gasteiger partial charge on any atom is -0.756 e. The van der Waals surface area contributed by atoms with Crippen LogP contribution >= 0.6 is 7.82 Å². The van der Waals surface area contributed by atoms with E-state index in [2.05, 4.69) is 30.3 Å². The molecule has 0 fully saturated rings. The molecule has 0 heterocycles. The van der Waals surface area contributed by atoms with Crippen LogP contribution in [0.2, 0.25) is 0 Å². The fourth-order valence-corrected chi connectivity index (χ4v) is 4.21. The zero-order chi connectivity index (χ0) is 19.9. The van der Waals surface area contributed by atoms with Crippen molar-refractivity contribution in [3.05, 3.63) is 60.2 Å². The van der Waals surface area contributed by atoms with Crippen molar-refractivity contribution >= 4 is 40.1 Å². The molecular weight excluding hydrogens is 373 g/mol. The van der Waals surface area contributed by atoms with Crippen molar-refractivity contribution in [3.8, 4) is 0 Å². The van der Waals surface area contributed by atoms with Gasteiger partial charge in [0.2, 0.25) is 0 Å². The topological polar surface area (TPSA) is 58.6 Å². The summed E-state index contributed by atoms with van der Waals surface area (Å²) >= 11 is 0. The average molecular weight is 397 g/mol. The molecule has 0 aliphatic heterocycles. The predicted molar refractivity (Wildman–Crippen MR) is 111 cm³/mol. The van der Waals surface area contributed by atoms with E-state index in [1.807, 2.05) is 45.4 Å². The summed E-state index contributed by atoms with van der Waals surface area (Å²) in [7, 11) is 1.58. The van der Waals surface area contributed by atoms with E-state index in [-0.39, 0.29) is 13.2 Å². The lowest BCUT2D eigenvalue weighted by Crippen LogP contribution is -2.37. The van der Waals surface area contributed by atoms with Crippen LogP contribution in [0.4, 0.5) is 0 Å². The summed E-state index contributed by atoms with van der Waals surface area (Å²) in [6, 6.07) is 18.5. The highest BCUT2D eigenvalue weighted by molar-refractivity contribution is 7.45. The number of phosphoric ester groups is 1. The summed E-state index contributed by atoms with van der Waals surface area (Å²) in [5.74, 6) is 0. The molecule has 1 unspecified atom stereocenters. The van der Waals surface area contributed by atoms with Crippen LogP contribution in [0.5, 0.6) is 0 Å². The van der Waals surface area contributed by atoms with Crippen molar-refractivity contribution in [1.29, 1.82) is 0 Å². The molecule has 0 amide bonds. The summed E-state index contributed by atoms with van der Waals surface area (Å²) in [6.45, 7) is 0.635. The molecular formula is C22H24NO4P. The maximum atomic E-state index is 12.1. The van der Waals surface area contributed by atoms with Gasteiger partial charge in [0.15, 0.2) is 0 Å². The van der Waals surface area contributed by atoms with Gasteiger partial charge in [0.1, 0.15) is 13.2 Å². The second-order valence-electron chi connectivity index (χ2n) is 8.15. The molecule has 0 saturated carbocycles. The Kier molecular flexibility index (Phi) is 4.90. The zero-order valence-corrected chi connectivity index (χ0v) is 17.2. The van der Waals surface area contributed by atoms with Crippen molar-refractivity contribution in [1.82, 2.24) is 0 Å². The third kappa shape index (κ3) is 3.90. The SMILES string of the molecule is C[N+](C)(C)CCOP(=O)([O-])OCc1ccc2ccc3cccc4ccc1c2c34. The van der Waals surface area contributed by atoms with Gasteiger partial charge < -0.3 is 18.4 Å². The lowest BCUT2D eigenvalue weighted by Gasteiger charge is -2.27. The highest BCUT2D eigenvalue weighted by Crippen LogP contribution is 2.41. The van der Waals surface area contributed by atoms with Gasteiger partial charge >= 0.3 is 0 Å². The highest BCUT2D eigenvalue weighted by atomic mass is 31.2. The van der Waals surface area contributed by atoms with E-state index in [0.717, 1.165) is 21.7 Å². The Labute approximate surface area is 164 Å². The van der Waals surface area contributed by atoms with Crippen LogP contribution in [-0.2, 0) is 20.2 Å². The van der Waals surface area contributed by atoms with Gasteiger partial charge in [0, 0.05) is 0 Å². The lowest BCUT2D eigenvalue weighted by molar-refractivity contribution is -0.870. The fraction of sp³-hybridized carbons (Fsp3) is 0.273. The first kappa shape index (κ1) is 19.3. The van der Waals surface area contributed by atoms with Crippen LogP contribution in [0.25, 0.3) is 32.3 Å². The van der Waals surface area contributed by atoms with Crippen molar-refractivity contribution in [2.24, 2.45) is 0 Å². The van der Waals surface area contributed by atoms with E-state index < -0.39 is 7.82 Å². The number of likely N-dealkylation sites (N-methyl/N-ethyl adjacent to an activating group) is 1.